The van der Waals surface area contributed by atoms with Crippen molar-refractivity contribution in [1.82, 2.24) is 4.98 Å². The van der Waals surface area contributed by atoms with E-state index in [1.54, 1.807) is 41.2 Å². The number of hydrogen-bond donors (Lipinski definition) is 2. The Hall–Kier alpha value is -3.81. The Balaban J connectivity index is 1.49. The van der Waals surface area contributed by atoms with Crippen LogP contribution < -0.4 is 20.7 Å². The first-order valence-electron chi connectivity index (χ1n) is 8.32. The minimum absolute atomic E-state index is 0.0110. The summed E-state index contributed by atoms with van der Waals surface area (Å²) in [5.74, 6) is -0.327. The molecule has 8 nitrogen and oxygen atoms in total. The van der Waals surface area contributed by atoms with Crippen LogP contribution in [0.4, 0.5) is 23.1 Å². The summed E-state index contributed by atoms with van der Waals surface area (Å²) in [7, 11) is 1.76. The number of amides is 2. The van der Waals surface area contributed by atoms with Crippen molar-refractivity contribution in [3.05, 3.63) is 66.6 Å². The highest BCUT2D eigenvalue weighted by atomic mass is 16.4. The minimum Gasteiger partial charge on any atom is -0.432 e. The van der Waals surface area contributed by atoms with Gasteiger partial charge in [-0.3, -0.25) is 25.3 Å². The van der Waals surface area contributed by atoms with Crippen molar-refractivity contribution in [3.63, 3.8) is 0 Å². The molecule has 1 aliphatic rings. The van der Waals surface area contributed by atoms with Crippen molar-refractivity contribution in [2.24, 2.45) is 0 Å². The summed E-state index contributed by atoms with van der Waals surface area (Å²) in [6.07, 6.45) is 2.84. The fourth-order valence-corrected chi connectivity index (χ4v) is 2.84. The number of anilines is 4. The number of nitrogens with one attached hydrogen (secondary N) is 2. The Morgan fingerprint density at radius 3 is 2.56 bits per heavy atom. The van der Waals surface area contributed by atoms with Crippen LogP contribution in [0.3, 0.4) is 0 Å². The van der Waals surface area contributed by atoms with Gasteiger partial charge in [-0.25, -0.2) is 4.98 Å². The highest BCUT2D eigenvalue weighted by Crippen LogP contribution is 2.32. The van der Waals surface area contributed by atoms with Gasteiger partial charge in [-0.05, 0) is 36.4 Å². The summed E-state index contributed by atoms with van der Waals surface area (Å²) in [6.45, 7) is 0.208. The van der Waals surface area contributed by atoms with Crippen molar-refractivity contribution in [2.45, 2.75) is 0 Å². The maximum atomic E-state index is 12.2. The van der Waals surface area contributed by atoms with Gasteiger partial charge in [0.25, 0.3) is 5.91 Å². The first kappa shape index (κ1) is 16.6. The van der Waals surface area contributed by atoms with Gasteiger partial charge in [0.2, 0.25) is 5.91 Å². The van der Waals surface area contributed by atoms with Crippen molar-refractivity contribution >= 4 is 34.9 Å². The number of likely N-dealkylation sites (N-methyl/N-ethyl adjacent to an activating group) is 1. The topological polar surface area (TPSA) is 90.7 Å². The molecule has 2 amide bonds. The third-order valence-corrected chi connectivity index (χ3v) is 4.27. The second-order valence-corrected chi connectivity index (χ2v) is 6.01. The number of aromatic nitrogens is 1. The molecule has 0 radical (unpaired) electrons. The molecule has 3 aromatic rings. The Kier molecular flexibility index (Phi) is 4.21. The van der Waals surface area contributed by atoms with E-state index in [0.29, 0.717) is 5.56 Å². The molecule has 2 heterocycles. The summed E-state index contributed by atoms with van der Waals surface area (Å²) in [4.78, 5) is 29.9. The Morgan fingerprint density at radius 2 is 1.85 bits per heavy atom. The number of nitrogens with zero attached hydrogens (tertiary/aromatic N) is 3. The van der Waals surface area contributed by atoms with Crippen LogP contribution in [0.5, 0.6) is 0 Å². The molecule has 27 heavy (non-hydrogen) atoms. The molecule has 0 saturated heterocycles. The number of benzene rings is 2. The van der Waals surface area contributed by atoms with Gasteiger partial charge in [0.1, 0.15) is 12.8 Å². The average molecular weight is 363 g/mol. The van der Waals surface area contributed by atoms with Crippen molar-refractivity contribution in [3.8, 4) is 0 Å². The maximum absolute atomic E-state index is 12.2. The zero-order valence-electron chi connectivity index (χ0n) is 14.5. The quantitative estimate of drug-likeness (QED) is 0.741. The van der Waals surface area contributed by atoms with Gasteiger partial charge in [-0.1, -0.05) is 12.1 Å². The molecule has 1 aromatic heterocycles. The molecule has 0 unspecified atom stereocenters. The second-order valence-electron chi connectivity index (χ2n) is 6.01. The summed E-state index contributed by atoms with van der Waals surface area (Å²) >= 11 is 0. The first-order valence-corrected chi connectivity index (χ1v) is 8.32. The number of carbonyl (C=O) groups excluding carboxylic acids is 2. The van der Waals surface area contributed by atoms with Gasteiger partial charge < -0.3 is 9.32 Å². The molecule has 136 valence electrons. The highest BCUT2D eigenvalue weighted by molar-refractivity contribution is 6.04. The van der Waals surface area contributed by atoms with Crippen LogP contribution in [0.15, 0.2) is 65.4 Å². The largest absolute Gasteiger partial charge is 0.432 e. The van der Waals surface area contributed by atoms with Gasteiger partial charge in [0, 0.05) is 12.6 Å². The molecule has 2 N–H and O–H groups in total. The van der Waals surface area contributed by atoms with E-state index < -0.39 is 0 Å². The van der Waals surface area contributed by atoms with E-state index in [2.05, 4.69) is 15.7 Å². The number of fused-ring (bicyclic) bond motifs is 1. The SMILES string of the molecule is CN1C(=O)CN(Nc2ccc(C(=O)Nc3ncco3)cc2)c2ccccc21. The van der Waals surface area contributed by atoms with Gasteiger partial charge in [0.05, 0.1) is 23.3 Å². The normalized spacial score (nSPS) is 13.3. The zero-order valence-corrected chi connectivity index (χ0v) is 14.5. The lowest BCUT2D eigenvalue weighted by molar-refractivity contribution is -0.117. The van der Waals surface area contributed by atoms with Crippen LogP contribution in [0, 0.1) is 0 Å². The lowest BCUT2D eigenvalue weighted by Gasteiger charge is -2.35. The molecule has 0 aliphatic carbocycles. The number of hydrazine groups is 1. The van der Waals surface area contributed by atoms with Crippen LogP contribution in [0.2, 0.25) is 0 Å². The summed E-state index contributed by atoms with van der Waals surface area (Å²) in [5.41, 5.74) is 6.19. The fourth-order valence-electron chi connectivity index (χ4n) is 2.84. The number of hydrogen-bond acceptors (Lipinski definition) is 6. The smallest absolute Gasteiger partial charge is 0.301 e. The van der Waals surface area contributed by atoms with E-state index in [9.17, 15) is 9.59 Å². The molecular formula is C19H17N5O3. The summed E-state index contributed by atoms with van der Waals surface area (Å²) < 4.78 is 5.00. The van der Waals surface area contributed by atoms with Crippen LogP contribution in [-0.2, 0) is 4.79 Å². The maximum Gasteiger partial charge on any atom is 0.301 e. The van der Waals surface area contributed by atoms with Gasteiger partial charge in [-0.15, -0.1) is 0 Å². The Bertz CT molecular complexity index is 969. The standard InChI is InChI=1S/C19H17N5O3/c1-23-15-4-2-3-5-16(15)24(12-17(23)25)22-14-8-6-13(7-9-14)18(26)21-19-20-10-11-27-19/h2-11,22H,12H2,1H3,(H,20,21,26). The number of para-hydroxylation sites is 2. The molecule has 0 saturated carbocycles. The minimum atomic E-state index is -0.316. The molecule has 0 spiro atoms. The molecular weight excluding hydrogens is 346 g/mol. The van der Waals surface area contributed by atoms with Crippen LogP contribution >= 0.6 is 0 Å². The van der Waals surface area contributed by atoms with Crippen LogP contribution in [-0.4, -0.2) is 30.4 Å². The average Bonchev–Trinajstić information content (AvgIpc) is 3.19. The highest BCUT2D eigenvalue weighted by Gasteiger charge is 2.26. The van der Waals surface area contributed by atoms with Crippen molar-refractivity contribution in [1.29, 1.82) is 0 Å². The van der Waals surface area contributed by atoms with Crippen molar-refractivity contribution < 1.29 is 14.0 Å². The number of rotatable bonds is 4. The first-order chi connectivity index (χ1) is 13.1. The van der Waals surface area contributed by atoms with E-state index in [0.717, 1.165) is 17.1 Å². The predicted octanol–water partition coefficient (Wildman–Crippen LogP) is 2.74. The molecule has 4 rings (SSSR count). The molecule has 8 heteroatoms. The molecule has 0 atom stereocenters. The summed E-state index contributed by atoms with van der Waals surface area (Å²) in [6, 6.07) is 14.7. The fraction of sp³-hybridized carbons (Fsp3) is 0.105. The lowest BCUT2D eigenvalue weighted by Crippen LogP contribution is -2.46. The van der Waals surface area contributed by atoms with E-state index in [4.69, 9.17) is 4.42 Å². The monoisotopic (exact) mass is 363 g/mol. The van der Waals surface area contributed by atoms with E-state index >= 15 is 0 Å². The Morgan fingerprint density at radius 1 is 1.11 bits per heavy atom. The van der Waals surface area contributed by atoms with Gasteiger partial charge >= 0.3 is 6.01 Å². The van der Waals surface area contributed by atoms with Crippen LogP contribution in [0.25, 0.3) is 0 Å². The number of oxazole rings is 1. The molecule has 2 aromatic carbocycles. The second kappa shape index (κ2) is 6.83. The zero-order chi connectivity index (χ0) is 18.8. The third kappa shape index (κ3) is 3.32. The van der Waals surface area contributed by atoms with Gasteiger partial charge in [-0.2, -0.15) is 0 Å². The van der Waals surface area contributed by atoms with Crippen LogP contribution in [0.1, 0.15) is 10.4 Å². The number of carbonyl (C=O) groups is 2. The predicted molar refractivity (Wildman–Crippen MR) is 102 cm³/mol. The van der Waals surface area contributed by atoms with E-state index in [1.807, 2.05) is 24.3 Å². The Labute approximate surface area is 155 Å². The molecule has 0 bridgehead atoms. The molecule has 0 fully saturated rings. The third-order valence-electron chi connectivity index (χ3n) is 4.27. The summed E-state index contributed by atoms with van der Waals surface area (Å²) in [5, 5.41) is 4.36. The lowest BCUT2D eigenvalue weighted by atomic mass is 10.2. The van der Waals surface area contributed by atoms with Gasteiger partial charge in [0.15, 0.2) is 0 Å². The van der Waals surface area contributed by atoms with E-state index in [-0.39, 0.29) is 24.4 Å². The van der Waals surface area contributed by atoms with E-state index in [1.165, 1.54) is 12.5 Å². The van der Waals surface area contributed by atoms with Crippen molar-refractivity contribution in [2.75, 3.05) is 34.2 Å². The molecule has 1 aliphatic heterocycles.